The van der Waals surface area contributed by atoms with Gasteiger partial charge in [0, 0.05) is 11.4 Å². The molecule has 1 nitrogen and oxygen atoms in total. The van der Waals surface area contributed by atoms with E-state index in [4.69, 9.17) is 0 Å². The highest BCUT2D eigenvalue weighted by atomic mass is 35.5. The van der Waals surface area contributed by atoms with Crippen molar-refractivity contribution >= 4 is 23.7 Å². The predicted octanol–water partition coefficient (Wildman–Crippen LogP) is 3.37. The van der Waals surface area contributed by atoms with Crippen LogP contribution in [0.2, 0.25) is 0 Å². The molecular weight excluding hydrogens is 202 g/mol. The lowest BCUT2D eigenvalue weighted by atomic mass is 10.3. The number of rotatable bonds is 5. The molecule has 0 unspecified atom stereocenters. The van der Waals surface area contributed by atoms with Gasteiger partial charge >= 0.3 is 0 Å². The Bertz CT molecular complexity index is 222. The minimum atomic E-state index is 0. The lowest BCUT2D eigenvalue weighted by Crippen LogP contribution is -2.13. The summed E-state index contributed by atoms with van der Waals surface area (Å²) in [5, 5.41) is 5.60. The van der Waals surface area contributed by atoms with Crippen molar-refractivity contribution in [3.8, 4) is 0 Å². The first-order valence-corrected chi connectivity index (χ1v) is 5.46. The molecule has 0 aliphatic heterocycles. The van der Waals surface area contributed by atoms with Crippen LogP contribution >= 0.6 is 23.7 Å². The smallest absolute Gasteiger partial charge is 0.0302 e. The molecule has 0 atom stereocenters. The summed E-state index contributed by atoms with van der Waals surface area (Å²) in [5.74, 6) is 0. The Kier molecular flexibility index (Phi) is 7.33. The Morgan fingerprint density at radius 2 is 2.23 bits per heavy atom. The van der Waals surface area contributed by atoms with Gasteiger partial charge < -0.3 is 5.32 Å². The summed E-state index contributed by atoms with van der Waals surface area (Å²) in [6, 6.07) is 2.18. The summed E-state index contributed by atoms with van der Waals surface area (Å²) in [5.41, 5.74) is 1.42. The van der Waals surface area contributed by atoms with Crippen molar-refractivity contribution in [2.75, 3.05) is 6.54 Å². The number of aryl methyl sites for hydroxylation is 1. The number of halogens is 1. The maximum absolute atomic E-state index is 3.44. The van der Waals surface area contributed by atoms with E-state index in [2.05, 4.69) is 30.6 Å². The van der Waals surface area contributed by atoms with E-state index in [1.54, 1.807) is 0 Å². The number of hydrogen-bond acceptors (Lipinski definition) is 2. The molecular formula is C10H18ClNS. The molecule has 0 spiro atoms. The summed E-state index contributed by atoms with van der Waals surface area (Å²) in [6.45, 7) is 6.59. The van der Waals surface area contributed by atoms with Crippen LogP contribution in [0.15, 0.2) is 11.4 Å². The van der Waals surface area contributed by atoms with E-state index in [0.29, 0.717) is 0 Å². The molecule has 1 N–H and O–H groups in total. The summed E-state index contributed by atoms with van der Waals surface area (Å²) < 4.78 is 0. The Balaban J connectivity index is 0.00000144. The van der Waals surface area contributed by atoms with E-state index < -0.39 is 0 Å². The lowest BCUT2D eigenvalue weighted by Gasteiger charge is -2.01. The van der Waals surface area contributed by atoms with Crippen LogP contribution in [-0.4, -0.2) is 6.54 Å². The summed E-state index contributed by atoms with van der Waals surface area (Å²) >= 11 is 1.85. The van der Waals surface area contributed by atoms with Gasteiger partial charge in [-0.15, -0.1) is 23.7 Å². The Labute approximate surface area is 91.0 Å². The van der Waals surface area contributed by atoms with Gasteiger partial charge in [0.05, 0.1) is 0 Å². The molecule has 0 aliphatic rings. The molecule has 13 heavy (non-hydrogen) atoms. The van der Waals surface area contributed by atoms with Gasteiger partial charge in [0.1, 0.15) is 0 Å². The van der Waals surface area contributed by atoms with Crippen molar-refractivity contribution in [2.45, 2.75) is 33.2 Å². The van der Waals surface area contributed by atoms with Gasteiger partial charge in [-0.3, -0.25) is 0 Å². The van der Waals surface area contributed by atoms with Crippen LogP contribution in [0.25, 0.3) is 0 Å². The molecule has 0 amide bonds. The van der Waals surface area contributed by atoms with Gasteiger partial charge in [-0.05, 0) is 36.9 Å². The van der Waals surface area contributed by atoms with Gasteiger partial charge in [0.15, 0.2) is 0 Å². The first-order valence-electron chi connectivity index (χ1n) is 4.58. The average molecular weight is 220 g/mol. The minimum Gasteiger partial charge on any atom is -0.312 e. The highest BCUT2D eigenvalue weighted by Gasteiger charge is 1.97. The fourth-order valence-electron chi connectivity index (χ4n) is 1.09. The standard InChI is InChI=1S/C10H17NS.ClH/c1-3-4-6-11-8-10-9(2)5-7-12-10;/h5,7,11H,3-4,6,8H2,1-2H3;1H. The molecule has 1 rings (SSSR count). The fraction of sp³-hybridized carbons (Fsp3) is 0.600. The predicted molar refractivity (Wildman–Crippen MR) is 62.9 cm³/mol. The number of nitrogens with one attached hydrogen (secondary N) is 1. The molecule has 1 aromatic rings. The fourth-order valence-corrected chi connectivity index (χ4v) is 1.96. The lowest BCUT2D eigenvalue weighted by molar-refractivity contribution is 0.645. The largest absolute Gasteiger partial charge is 0.312 e. The first kappa shape index (κ1) is 12.9. The van der Waals surface area contributed by atoms with Crippen LogP contribution in [-0.2, 0) is 6.54 Å². The minimum absolute atomic E-state index is 0. The van der Waals surface area contributed by atoms with Crippen molar-refractivity contribution in [1.82, 2.24) is 5.32 Å². The summed E-state index contributed by atoms with van der Waals surface area (Å²) in [7, 11) is 0. The van der Waals surface area contributed by atoms with Crippen molar-refractivity contribution in [2.24, 2.45) is 0 Å². The second-order valence-corrected chi connectivity index (χ2v) is 4.06. The van der Waals surface area contributed by atoms with Gasteiger partial charge in [-0.25, -0.2) is 0 Å². The number of unbranched alkanes of at least 4 members (excludes halogenated alkanes) is 1. The van der Waals surface area contributed by atoms with Gasteiger partial charge in [-0.2, -0.15) is 0 Å². The van der Waals surface area contributed by atoms with E-state index >= 15 is 0 Å². The van der Waals surface area contributed by atoms with Gasteiger partial charge in [-0.1, -0.05) is 13.3 Å². The third-order valence-electron chi connectivity index (χ3n) is 1.96. The van der Waals surface area contributed by atoms with Crippen LogP contribution < -0.4 is 5.32 Å². The summed E-state index contributed by atoms with van der Waals surface area (Å²) in [6.07, 6.45) is 2.56. The topological polar surface area (TPSA) is 12.0 Å². The monoisotopic (exact) mass is 219 g/mol. The zero-order chi connectivity index (χ0) is 8.81. The van der Waals surface area contributed by atoms with Crippen molar-refractivity contribution in [3.63, 3.8) is 0 Å². The van der Waals surface area contributed by atoms with E-state index in [1.165, 1.54) is 23.3 Å². The van der Waals surface area contributed by atoms with Crippen molar-refractivity contribution < 1.29 is 0 Å². The van der Waals surface area contributed by atoms with Gasteiger partial charge in [0.25, 0.3) is 0 Å². The molecule has 0 aliphatic carbocycles. The third-order valence-corrected chi connectivity index (χ3v) is 2.98. The second-order valence-electron chi connectivity index (χ2n) is 3.06. The highest BCUT2D eigenvalue weighted by molar-refractivity contribution is 7.10. The maximum atomic E-state index is 3.44. The van der Waals surface area contributed by atoms with Crippen LogP contribution in [0, 0.1) is 6.92 Å². The quantitative estimate of drug-likeness (QED) is 0.749. The van der Waals surface area contributed by atoms with E-state index in [9.17, 15) is 0 Å². The third kappa shape index (κ3) is 4.65. The van der Waals surface area contributed by atoms with Crippen molar-refractivity contribution in [1.29, 1.82) is 0 Å². The molecule has 0 saturated heterocycles. The Morgan fingerprint density at radius 1 is 1.46 bits per heavy atom. The summed E-state index contributed by atoms with van der Waals surface area (Å²) in [4.78, 5) is 1.48. The van der Waals surface area contributed by atoms with Crippen molar-refractivity contribution in [3.05, 3.63) is 21.9 Å². The zero-order valence-corrected chi connectivity index (χ0v) is 9.93. The Hall–Kier alpha value is -0.0500. The molecule has 0 saturated carbocycles. The van der Waals surface area contributed by atoms with Crippen LogP contribution in [0.4, 0.5) is 0 Å². The van der Waals surface area contributed by atoms with Crippen LogP contribution in [0.5, 0.6) is 0 Å². The second kappa shape index (κ2) is 7.36. The molecule has 1 aromatic heterocycles. The molecule has 0 aromatic carbocycles. The molecule has 1 heterocycles. The molecule has 0 fully saturated rings. The molecule has 0 radical (unpaired) electrons. The van der Waals surface area contributed by atoms with E-state index in [-0.39, 0.29) is 12.4 Å². The molecule has 76 valence electrons. The molecule has 0 bridgehead atoms. The zero-order valence-electron chi connectivity index (χ0n) is 8.30. The first-order chi connectivity index (χ1) is 5.84. The molecule has 3 heteroatoms. The Morgan fingerprint density at radius 3 is 2.77 bits per heavy atom. The number of hydrogen-bond donors (Lipinski definition) is 1. The van der Waals surface area contributed by atoms with Gasteiger partial charge in [0.2, 0.25) is 0 Å². The maximum Gasteiger partial charge on any atom is 0.0302 e. The van der Waals surface area contributed by atoms with Crippen LogP contribution in [0.3, 0.4) is 0 Å². The van der Waals surface area contributed by atoms with E-state index in [1.807, 2.05) is 11.3 Å². The highest BCUT2D eigenvalue weighted by Crippen LogP contribution is 2.14. The average Bonchev–Trinajstić information content (AvgIpc) is 2.46. The normalized spacial score (nSPS) is 9.69. The van der Waals surface area contributed by atoms with Crippen LogP contribution in [0.1, 0.15) is 30.2 Å². The van der Waals surface area contributed by atoms with E-state index in [0.717, 1.165) is 13.1 Å². The number of thiophene rings is 1. The SMILES string of the molecule is CCCCNCc1sccc1C.Cl.